The van der Waals surface area contributed by atoms with Crippen LogP contribution in [0.2, 0.25) is 0 Å². The fraction of sp³-hybridized carbons (Fsp3) is 0.400. The van der Waals surface area contributed by atoms with Crippen LogP contribution in [0.3, 0.4) is 0 Å². The van der Waals surface area contributed by atoms with Gasteiger partial charge in [0.1, 0.15) is 0 Å². The number of benzene rings is 1. The van der Waals surface area contributed by atoms with E-state index in [9.17, 15) is 4.79 Å². The molecule has 0 spiro atoms. The van der Waals surface area contributed by atoms with Crippen LogP contribution in [0.15, 0.2) is 42.7 Å². The molecule has 1 aliphatic carbocycles. The van der Waals surface area contributed by atoms with Crippen molar-refractivity contribution < 1.29 is 4.79 Å². The minimum atomic E-state index is -0.0322. The minimum Gasteiger partial charge on any atom is -0.354 e. The zero-order valence-electron chi connectivity index (χ0n) is 14.4. The van der Waals surface area contributed by atoms with Gasteiger partial charge in [-0.05, 0) is 36.5 Å². The molecule has 0 bridgehead atoms. The van der Waals surface area contributed by atoms with Crippen LogP contribution in [0.4, 0.5) is 11.4 Å². The first kappa shape index (κ1) is 16.5. The molecule has 126 valence electrons. The van der Waals surface area contributed by atoms with Gasteiger partial charge in [-0.15, -0.1) is 0 Å². The van der Waals surface area contributed by atoms with Gasteiger partial charge in [0.2, 0.25) is 0 Å². The zero-order chi connectivity index (χ0) is 16.9. The van der Waals surface area contributed by atoms with E-state index in [1.807, 2.05) is 18.2 Å². The van der Waals surface area contributed by atoms with Crippen LogP contribution >= 0.6 is 0 Å². The second kappa shape index (κ2) is 7.47. The fourth-order valence-corrected chi connectivity index (χ4v) is 3.24. The first-order chi connectivity index (χ1) is 11.6. The summed E-state index contributed by atoms with van der Waals surface area (Å²) in [5, 5.41) is 6.51. The van der Waals surface area contributed by atoms with Crippen molar-refractivity contribution in [3.8, 4) is 0 Å². The van der Waals surface area contributed by atoms with E-state index >= 15 is 0 Å². The number of nitrogens with one attached hydrogen (secondary N) is 2. The predicted octanol–water partition coefficient (Wildman–Crippen LogP) is 4.62. The molecule has 2 N–H and O–H groups in total. The highest BCUT2D eigenvalue weighted by atomic mass is 16.1. The van der Waals surface area contributed by atoms with E-state index < -0.39 is 0 Å². The molecule has 0 atom stereocenters. The molecule has 3 rings (SSSR count). The van der Waals surface area contributed by atoms with Crippen molar-refractivity contribution in [2.45, 2.75) is 51.5 Å². The molecule has 4 heteroatoms. The summed E-state index contributed by atoms with van der Waals surface area (Å²) in [4.78, 5) is 16.6. The van der Waals surface area contributed by atoms with Crippen molar-refractivity contribution in [1.29, 1.82) is 0 Å². The van der Waals surface area contributed by atoms with Crippen molar-refractivity contribution >= 4 is 17.3 Å². The van der Waals surface area contributed by atoms with Crippen molar-refractivity contribution in [1.82, 2.24) is 10.3 Å². The molecule has 1 aromatic heterocycles. The highest BCUT2D eigenvalue weighted by Gasteiger charge is 2.18. The van der Waals surface area contributed by atoms with Gasteiger partial charge < -0.3 is 10.6 Å². The average Bonchev–Trinajstić information content (AvgIpc) is 3.08. The van der Waals surface area contributed by atoms with Crippen LogP contribution in [0.5, 0.6) is 0 Å². The number of carbonyl (C=O) groups excluding carboxylic acids is 1. The Morgan fingerprint density at radius 1 is 1.17 bits per heavy atom. The van der Waals surface area contributed by atoms with E-state index in [2.05, 4.69) is 41.6 Å². The van der Waals surface area contributed by atoms with Crippen LogP contribution in [-0.4, -0.2) is 16.9 Å². The number of aromatic nitrogens is 1. The number of pyridine rings is 1. The van der Waals surface area contributed by atoms with Crippen LogP contribution in [-0.2, 0) is 0 Å². The summed E-state index contributed by atoms with van der Waals surface area (Å²) in [6, 6.07) is 10.4. The smallest absolute Gasteiger partial charge is 0.253 e. The summed E-state index contributed by atoms with van der Waals surface area (Å²) in [5.41, 5.74) is 3.75. The van der Waals surface area contributed by atoms with E-state index in [1.54, 1.807) is 12.4 Å². The summed E-state index contributed by atoms with van der Waals surface area (Å²) in [7, 11) is 0. The van der Waals surface area contributed by atoms with Crippen LogP contribution in [0.1, 0.15) is 61.4 Å². The number of hydrogen-bond acceptors (Lipinski definition) is 3. The van der Waals surface area contributed by atoms with Crippen LogP contribution < -0.4 is 10.6 Å². The maximum Gasteiger partial charge on any atom is 0.253 e. The average molecular weight is 323 g/mol. The molecular weight excluding hydrogens is 298 g/mol. The standard InChI is InChI=1S/C20H25N3O/c1-14(2)18-9-5-6-10-19(18)22-17-11-15(12-21-13-17)20(24)23-16-7-3-4-8-16/h5-6,9-14,16,22H,3-4,7-8H2,1-2H3,(H,23,24). The minimum absolute atomic E-state index is 0.0322. The molecule has 1 amide bonds. The third-order valence-electron chi connectivity index (χ3n) is 4.55. The maximum absolute atomic E-state index is 12.4. The third-order valence-corrected chi connectivity index (χ3v) is 4.55. The summed E-state index contributed by atoms with van der Waals surface area (Å²) in [5.74, 6) is 0.394. The van der Waals surface area contributed by atoms with Gasteiger partial charge in [-0.2, -0.15) is 0 Å². The molecule has 0 aliphatic heterocycles. The van der Waals surface area contributed by atoms with E-state index in [0.29, 0.717) is 17.5 Å². The number of amides is 1. The molecule has 1 saturated carbocycles. The Labute approximate surface area is 143 Å². The lowest BCUT2D eigenvalue weighted by atomic mass is 10.0. The Kier molecular flexibility index (Phi) is 5.14. The van der Waals surface area contributed by atoms with Crippen molar-refractivity contribution in [3.05, 3.63) is 53.9 Å². The van der Waals surface area contributed by atoms with Crippen molar-refractivity contribution in [2.24, 2.45) is 0 Å². The Balaban J connectivity index is 1.74. The van der Waals surface area contributed by atoms with E-state index in [1.165, 1.54) is 18.4 Å². The van der Waals surface area contributed by atoms with Gasteiger partial charge in [0.25, 0.3) is 5.91 Å². The number of carbonyl (C=O) groups is 1. The second-order valence-electron chi connectivity index (χ2n) is 6.78. The largest absolute Gasteiger partial charge is 0.354 e. The molecule has 2 aromatic rings. The van der Waals surface area contributed by atoms with Crippen molar-refractivity contribution in [3.63, 3.8) is 0 Å². The third kappa shape index (κ3) is 3.94. The van der Waals surface area contributed by atoms with Gasteiger partial charge in [-0.25, -0.2) is 0 Å². The molecule has 1 aromatic carbocycles. The van der Waals surface area contributed by atoms with Crippen LogP contribution in [0, 0.1) is 0 Å². The normalized spacial score (nSPS) is 14.8. The lowest BCUT2D eigenvalue weighted by Crippen LogP contribution is -2.32. The Morgan fingerprint density at radius 2 is 1.92 bits per heavy atom. The molecule has 24 heavy (non-hydrogen) atoms. The van der Waals surface area contributed by atoms with Gasteiger partial charge in [0.05, 0.1) is 17.4 Å². The van der Waals surface area contributed by atoms with E-state index in [-0.39, 0.29) is 5.91 Å². The summed E-state index contributed by atoms with van der Waals surface area (Å²) in [6.45, 7) is 4.34. The summed E-state index contributed by atoms with van der Waals surface area (Å²) in [6.07, 6.45) is 7.96. The van der Waals surface area contributed by atoms with Gasteiger partial charge in [-0.1, -0.05) is 44.9 Å². The molecule has 0 radical (unpaired) electrons. The second-order valence-corrected chi connectivity index (χ2v) is 6.78. The number of anilines is 2. The Hall–Kier alpha value is -2.36. The lowest BCUT2D eigenvalue weighted by molar-refractivity contribution is 0.0937. The number of rotatable bonds is 5. The van der Waals surface area contributed by atoms with Gasteiger partial charge in [0, 0.05) is 17.9 Å². The molecule has 0 unspecified atom stereocenters. The van der Waals surface area contributed by atoms with Gasteiger partial charge in [0.15, 0.2) is 0 Å². The zero-order valence-corrected chi connectivity index (χ0v) is 14.4. The number of para-hydroxylation sites is 1. The number of hydrogen-bond donors (Lipinski definition) is 2. The summed E-state index contributed by atoms with van der Waals surface area (Å²) >= 11 is 0. The van der Waals surface area contributed by atoms with Crippen molar-refractivity contribution in [2.75, 3.05) is 5.32 Å². The summed E-state index contributed by atoms with van der Waals surface area (Å²) < 4.78 is 0. The van der Waals surface area contributed by atoms with Gasteiger partial charge in [-0.3, -0.25) is 9.78 Å². The molecule has 1 heterocycles. The monoisotopic (exact) mass is 323 g/mol. The Morgan fingerprint density at radius 3 is 2.67 bits per heavy atom. The molecule has 1 fully saturated rings. The molecule has 0 saturated heterocycles. The van der Waals surface area contributed by atoms with E-state index in [4.69, 9.17) is 0 Å². The van der Waals surface area contributed by atoms with Gasteiger partial charge >= 0.3 is 0 Å². The molecular formula is C20H25N3O. The lowest BCUT2D eigenvalue weighted by Gasteiger charge is -2.15. The predicted molar refractivity (Wildman–Crippen MR) is 97.8 cm³/mol. The SMILES string of the molecule is CC(C)c1ccccc1Nc1cncc(C(=O)NC2CCCC2)c1. The fourth-order valence-electron chi connectivity index (χ4n) is 3.24. The molecule has 1 aliphatic rings. The van der Waals surface area contributed by atoms with E-state index in [0.717, 1.165) is 24.2 Å². The topological polar surface area (TPSA) is 54.0 Å². The highest BCUT2D eigenvalue weighted by Crippen LogP contribution is 2.27. The highest BCUT2D eigenvalue weighted by molar-refractivity contribution is 5.95. The first-order valence-corrected chi connectivity index (χ1v) is 8.75. The quantitative estimate of drug-likeness (QED) is 0.844. The number of nitrogens with zero attached hydrogens (tertiary/aromatic N) is 1. The first-order valence-electron chi connectivity index (χ1n) is 8.75. The molecule has 4 nitrogen and oxygen atoms in total. The Bertz CT molecular complexity index is 706. The maximum atomic E-state index is 12.4. The van der Waals surface area contributed by atoms with Crippen LogP contribution in [0.25, 0.3) is 0 Å².